The molecule has 0 saturated carbocycles. The van der Waals surface area contributed by atoms with Crippen LogP contribution in [0.5, 0.6) is 0 Å². The van der Waals surface area contributed by atoms with Gasteiger partial charge in [-0.3, -0.25) is 0 Å². The first-order valence-corrected chi connectivity index (χ1v) is 7.64. The fourth-order valence-corrected chi connectivity index (χ4v) is 2.47. The van der Waals surface area contributed by atoms with Gasteiger partial charge in [0.1, 0.15) is 5.82 Å². The largest absolute Gasteiger partial charge is 0.393 e. The van der Waals surface area contributed by atoms with E-state index in [2.05, 4.69) is 6.92 Å². The number of hydrogen-bond acceptors (Lipinski definition) is 1. The molecule has 0 heterocycles. The molecule has 0 aliphatic heterocycles. The molecule has 0 aliphatic rings. The molecule has 1 rings (SSSR count). The van der Waals surface area contributed by atoms with E-state index in [1.807, 2.05) is 0 Å². The normalized spacial score (nSPS) is 12.6. The minimum atomic E-state index is -0.499. The van der Waals surface area contributed by atoms with Gasteiger partial charge in [-0.2, -0.15) is 0 Å². The molecule has 1 N–H and O–H groups in total. The number of benzene rings is 1. The van der Waals surface area contributed by atoms with E-state index in [0.29, 0.717) is 17.0 Å². The first kappa shape index (κ1) is 16.5. The van der Waals surface area contributed by atoms with E-state index in [9.17, 15) is 9.50 Å². The summed E-state index contributed by atoms with van der Waals surface area (Å²) in [5, 5.41) is 10.3. The first-order chi connectivity index (χ1) is 9.15. The summed E-state index contributed by atoms with van der Waals surface area (Å²) in [5.41, 5.74) is 0.433. The Labute approximate surface area is 120 Å². The summed E-state index contributed by atoms with van der Waals surface area (Å²) in [4.78, 5) is 0. The van der Waals surface area contributed by atoms with Crippen LogP contribution in [0.15, 0.2) is 18.2 Å². The smallest absolute Gasteiger partial charge is 0.127 e. The van der Waals surface area contributed by atoms with Crippen LogP contribution >= 0.6 is 11.6 Å². The molecule has 0 radical (unpaired) electrons. The van der Waals surface area contributed by atoms with E-state index in [1.165, 1.54) is 31.7 Å². The van der Waals surface area contributed by atoms with Crippen molar-refractivity contribution in [3.63, 3.8) is 0 Å². The van der Waals surface area contributed by atoms with Crippen LogP contribution in [0.2, 0.25) is 5.02 Å². The predicted molar refractivity (Wildman–Crippen MR) is 79.1 cm³/mol. The van der Waals surface area contributed by atoms with Gasteiger partial charge in [0.25, 0.3) is 0 Å². The second-order valence-corrected chi connectivity index (χ2v) is 5.52. The van der Waals surface area contributed by atoms with Crippen molar-refractivity contribution < 1.29 is 9.50 Å². The summed E-state index contributed by atoms with van der Waals surface area (Å²) in [7, 11) is 0. The van der Waals surface area contributed by atoms with Gasteiger partial charge >= 0.3 is 0 Å². The standard InChI is InChI=1S/C16H24ClFO/c1-2-3-4-5-6-7-9-13(19)12-14-15(17)10-8-11-16(14)18/h8,10-11,13,19H,2-7,9,12H2,1H3. The van der Waals surface area contributed by atoms with Crippen molar-refractivity contribution in [1.82, 2.24) is 0 Å². The quantitative estimate of drug-likeness (QED) is 0.624. The highest BCUT2D eigenvalue weighted by Gasteiger charge is 2.12. The summed E-state index contributed by atoms with van der Waals surface area (Å²) < 4.78 is 13.5. The van der Waals surface area contributed by atoms with Crippen molar-refractivity contribution in [3.8, 4) is 0 Å². The lowest BCUT2D eigenvalue weighted by atomic mass is 10.0. The lowest BCUT2D eigenvalue weighted by Gasteiger charge is -2.12. The fourth-order valence-electron chi connectivity index (χ4n) is 2.23. The number of aliphatic hydroxyl groups is 1. The highest BCUT2D eigenvalue weighted by molar-refractivity contribution is 6.31. The molecule has 0 amide bonds. The van der Waals surface area contributed by atoms with E-state index in [1.54, 1.807) is 12.1 Å². The maximum absolute atomic E-state index is 13.5. The molecule has 1 aromatic rings. The van der Waals surface area contributed by atoms with Crippen LogP contribution in [-0.4, -0.2) is 11.2 Å². The number of aliphatic hydroxyl groups excluding tert-OH is 1. The van der Waals surface area contributed by atoms with Crippen molar-refractivity contribution in [3.05, 3.63) is 34.6 Å². The molecule has 0 bridgehead atoms. The zero-order chi connectivity index (χ0) is 14.1. The Morgan fingerprint density at radius 2 is 1.84 bits per heavy atom. The second-order valence-electron chi connectivity index (χ2n) is 5.11. The summed E-state index contributed by atoms with van der Waals surface area (Å²) in [6, 6.07) is 4.64. The first-order valence-electron chi connectivity index (χ1n) is 7.26. The molecule has 1 aromatic carbocycles. The summed E-state index contributed by atoms with van der Waals surface area (Å²) in [5.74, 6) is -0.325. The summed E-state index contributed by atoms with van der Waals surface area (Å²) >= 11 is 5.94. The van der Waals surface area contributed by atoms with Crippen molar-refractivity contribution in [2.75, 3.05) is 0 Å². The Morgan fingerprint density at radius 3 is 2.53 bits per heavy atom. The van der Waals surface area contributed by atoms with Gasteiger partial charge in [0.2, 0.25) is 0 Å². The van der Waals surface area contributed by atoms with Gasteiger partial charge in [0, 0.05) is 17.0 Å². The van der Waals surface area contributed by atoms with Crippen LogP contribution in [0.3, 0.4) is 0 Å². The van der Waals surface area contributed by atoms with Crippen molar-refractivity contribution in [2.24, 2.45) is 0 Å². The maximum atomic E-state index is 13.5. The van der Waals surface area contributed by atoms with E-state index >= 15 is 0 Å². The van der Waals surface area contributed by atoms with Crippen LogP contribution in [-0.2, 0) is 6.42 Å². The topological polar surface area (TPSA) is 20.2 Å². The van der Waals surface area contributed by atoms with E-state index < -0.39 is 6.10 Å². The van der Waals surface area contributed by atoms with Crippen LogP contribution in [0, 0.1) is 5.82 Å². The molecule has 108 valence electrons. The van der Waals surface area contributed by atoms with E-state index in [-0.39, 0.29) is 5.82 Å². The Morgan fingerprint density at radius 1 is 1.16 bits per heavy atom. The van der Waals surface area contributed by atoms with Gasteiger partial charge in [-0.15, -0.1) is 0 Å². The number of halogens is 2. The fraction of sp³-hybridized carbons (Fsp3) is 0.625. The molecule has 1 nitrogen and oxygen atoms in total. The van der Waals surface area contributed by atoms with E-state index in [0.717, 1.165) is 19.3 Å². The van der Waals surface area contributed by atoms with Crippen LogP contribution in [0.25, 0.3) is 0 Å². The summed E-state index contributed by atoms with van der Waals surface area (Å²) in [6.07, 6.45) is 7.69. The van der Waals surface area contributed by atoms with Crippen LogP contribution < -0.4 is 0 Å². The Hall–Kier alpha value is -0.600. The van der Waals surface area contributed by atoms with Crippen LogP contribution in [0.4, 0.5) is 4.39 Å². The molecule has 1 unspecified atom stereocenters. The molecule has 0 aromatic heterocycles. The van der Waals surface area contributed by atoms with Crippen LogP contribution in [0.1, 0.15) is 57.4 Å². The lowest BCUT2D eigenvalue weighted by Crippen LogP contribution is -2.11. The van der Waals surface area contributed by atoms with Gasteiger partial charge in [-0.25, -0.2) is 4.39 Å². The Kier molecular flexibility index (Phi) is 8.08. The molecule has 3 heteroatoms. The van der Waals surface area contributed by atoms with E-state index in [4.69, 9.17) is 11.6 Å². The predicted octanol–water partition coefficient (Wildman–Crippen LogP) is 5.13. The van der Waals surface area contributed by atoms with Gasteiger partial charge in [0.15, 0.2) is 0 Å². The van der Waals surface area contributed by atoms with Gasteiger partial charge in [-0.05, 0) is 18.6 Å². The third-order valence-corrected chi connectivity index (χ3v) is 3.75. The molecular formula is C16H24ClFO. The molecule has 0 aliphatic carbocycles. The molecule has 1 atom stereocenters. The van der Waals surface area contributed by atoms with Gasteiger partial charge in [0.05, 0.1) is 6.10 Å². The van der Waals surface area contributed by atoms with Crippen molar-refractivity contribution in [2.45, 2.75) is 64.4 Å². The monoisotopic (exact) mass is 286 g/mol. The third kappa shape index (κ3) is 6.40. The lowest BCUT2D eigenvalue weighted by molar-refractivity contribution is 0.159. The number of hydrogen-bond donors (Lipinski definition) is 1. The average molecular weight is 287 g/mol. The maximum Gasteiger partial charge on any atom is 0.127 e. The molecule has 19 heavy (non-hydrogen) atoms. The SMILES string of the molecule is CCCCCCCCC(O)Cc1c(F)cccc1Cl. The number of unbranched alkanes of at least 4 members (excludes halogenated alkanes) is 5. The second kappa shape index (κ2) is 9.33. The minimum absolute atomic E-state index is 0.306. The highest BCUT2D eigenvalue weighted by Crippen LogP contribution is 2.22. The summed E-state index contributed by atoms with van der Waals surface area (Å²) in [6.45, 7) is 2.20. The van der Waals surface area contributed by atoms with Gasteiger partial charge < -0.3 is 5.11 Å². The van der Waals surface area contributed by atoms with Crippen molar-refractivity contribution in [1.29, 1.82) is 0 Å². The van der Waals surface area contributed by atoms with Gasteiger partial charge in [-0.1, -0.05) is 63.1 Å². The zero-order valence-electron chi connectivity index (χ0n) is 11.7. The average Bonchev–Trinajstić information content (AvgIpc) is 2.38. The highest BCUT2D eigenvalue weighted by atomic mass is 35.5. The Bertz CT molecular complexity index is 348. The molecule has 0 fully saturated rings. The molecular weight excluding hydrogens is 263 g/mol. The number of rotatable bonds is 9. The minimum Gasteiger partial charge on any atom is -0.393 e. The molecule has 0 saturated heterocycles. The van der Waals surface area contributed by atoms with Crippen molar-refractivity contribution >= 4 is 11.6 Å². The third-order valence-electron chi connectivity index (χ3n) is 3.39. The zero-order valence-corrected chi connectivity index (χ0v) is 12.4. The Balaban J connectivity index is 2.25. The molecule has 0 spiro atoms.